The Bertz CT molecular complexity index is 1190. The Morgan fingerprint density at radius 3 is 2.50 bits per heavy atom. The van der Waals surface area contributed by atoms with Crippen LogP contribution in [0, 0.1) is 0 Å². The molecule has 0 atom stereocenters. The number of hydrogen-bond acceptors (Lipinski definition) is 7. The van der Waals surface area contributed by atoms with E-state index in [1.807, 2.05) is 47.4 Å². The first-order chi connectivity index (χ1) is 15.7. The molecule has 4 rings (SSSR count). The molecule has 0 aliphatic carbocycles. The number of ether oxygens (including phenoxy) is 1. The highest BCUT2D eigenvalue weighted by Crippen LogP contribution is 2.23. The maximum Gasteiger partial charge on any atom is 0.338 e. The van der Waals surface area contributed by atoms with E-state index >= 15 is 0 Å². The molecule has 0 aliphatic heterocycles. The minimum Gasteiger partial charge on any atom is -0.462 e. The molecule has 9 nitrogen and oxygen atoms in total. The Labute approximate surface area is 188 Å². The molecular formula is C22H20N6O3S. The molecule has 1 aromatic carbocycles. The van der Waals surface area contributed by atoms with E-state index in [1.165, 1.54) is 11.8 Å². The summed E-state index contributed by atoms with van der Waals surface area (Å²) in [6.45, 7) is 2.06. The van der Waals surface area contributed by atoms with Gasteiger partial charge < -0.3 is 10.1 Å². The van der Waals surface area contributed by atoms with Crippen molar-refractivity contribution in [2.75, 3.05) is 17.7 Å². The molecular weight excluding hydrogens is 428 g/mol. The summed E-state index contributed by atoms with van der Waals surface area (Å²) in [6.07, 6.45) is 5.42. The van der Waals surface area contributed by atoms with Crippen molar-refractivity contribution in [1.29, 1.82) is 0 Å². The van der Waals surface area contributed by atoms with Gasteiger partial charge in [0, 0.05) is 24.3 Å². The summed E-state index contributed by atoms with van der Waals surface area (Å²) in [4.78, 5) is 28.6. The summed E-state index contributed by atoms with van der Waals surface area (Å²) in [5.74, 6) is 0.0925. The van der Waals surface area contributed by atoms with Crippen molar-refractivity contribution in [2.45, 2.75) is 12.1 Å². The third-order valence-corrected chi connectivity index (χ3v) is 5.26. The number of aromatic nitrogens is 5. The second-order valence-electron chi connectivity index (χ2n) is 6.53. The smallest absolute Gasteiger partial charge is 0.338 e. The molecule has 1 N–H and O–H groups in total. The second-order valence-corrected chi connectivity index (χ2v) is 7.47. The fourth-order valence-corrected chi connectivity index (χ4v) is 3.64. The maximum atomic E-state index is 12.5. The Kier molecular flexibility index (Phi) is 6.61. The van der Waals surface area contributed by atoms with Crippen molar-refractivity contribution >= 4 is 29.3 Å². The second kappa shape index (κ2) is 9.92. The highest BCUT2D eigenvalue weighted by atomic mass is 32.2. The van der Waals surface area contributed by atoms with Crippen LogP contribution in [0.5, 0.6) is 0 Å². The fraction of sp³-hybridized carbons (Fsp3) is 0.136. The molecule has 1 amide bonds. The number of thioether (sulfide) groups is 1. The van der Waals surface area contributed by atoms with Gasteiger partial charge in [-0.05, 0) is 55.5 Å². The van der Waals surface area contributed by atoms with Crippen molar-refractivity contribution in [3.8, 4) is 11.5 Å². The number of rotatable bonds is 8. The molecule has 4 aromatic rings. The normalized spacial score (nSPS) is 10.7. The van der Waals surface area contributed by atoms with Crippen LogP contribution < -0.4 is 5.32 Å². The standard InChI is InChI=1S/C22H20N6O3S/c1-2-31-21(30)16-8-10-17(11-9-16)24-19(29)15-32-22-26-25-20(18-7-3-4-12-23-18)28(22)27-13-5-6-14-27/h3-14H,2,15H2,1H3,(H,24,29). The van der Waals surface area contributed by atoms with Gasteiger partial charge in [0.25, 0.3) is 0 Å². The van der Waals surface area contributed by atoms with Gasteiger partial charge in [0.15, 0.2) is 0 Å². The molecule has 0 bridgehead atoms. The lowest BCUT2D eigenvalue weighted by atomic mass is 10.2. The van der Waals surface area contributed by atoms with Crippen LogP contribution in [0.4, 0.5) is 5.69 Å². The number of nitrogens with zero attached hydrogens (tertiary/aromatic N) is 5. The van der Waals surface area contributed by atoms with Crippen molar-refractivity contribution in [3.05, 3.63) is 78.8 Å². The van der Waals surface area contributed by atoms with E-state index in [-0.39, 0.29) is 11.7 Å². The lowest BCUT2D eigenvalue weighted by molar-refractivity contribution is -0.113. The molecule has 0 saturated heterocycles. The van der Waals surface area contributed by atoms with Gasteiger partial charge in [-0.25, -0.2) is 9.47 Å². The number of amides is 1. The average molecular weight is 449 g/mol. The number of pyridine rings is 1. The number of anilines is 1. The SMILES string of the molecule is CCOC(=O)c1ccc(NC(=O)CSc2nnc(-c3ccccn3)n2-n2cccc2)cc1. The van der Waals surface area contributed by atoms with E-state index in [1.54, 1.807) is 42.1 Å². The number of benzene rings is 1. The van der Waals surface area contributed by atoms with Gasteiger partial charge in [0.2, 0.25) is 16.9 Å². The summed E-state index contributed by atoms with van der Waals surface area (Å²) in [7, 11) is 0. The molecule has 0 spiro atoms. The number of hydrogen-bond donors (Lipinski definition) is 1. The van der Waals surface area contributed by atoms with Crippen molar-refractivity contribution < 1.29 is 14.3 Å². The highest BCUT2D eigenvalue weighted by molar-refractivity contribution is 7.99. The summed E-state index contributed by atoms with van der Waals surface area (Å²) >= 11 is 1.26. The Morgan fingerprint density at radius 2 is 1.81 bits per heavy atom. The molecule has 3 heterocycles. The number of esters is 1. The number of nitrogens with one attached hydrogen (secondary N) is 1. The van der Waals surface area contributed by atoms with Crippen LogP contribution in [0.25, 0.3) is 11.5 Å². The van der Waals surface area contributed by atoms with Gasteiger partial charge in [-0.2, -0.15) is 0 Å². The van der Waals surface area contributed by atoms with E-state index in [0.717, 1.165) is 0 Å². The largest absolute Gasteiger partial charge is 0.462 e. The average Bonchev–Trinajstić information content (AvgIpc) is 3.48. The Morgan fingerprint density at radius 1 is 1.03 bits per heavy atom. The lowest BCUT2D eigenvalue weighted by Crippen LogP contribution is -2.16. The summed E-state index contributed by atoms with van der Waals surface area (Å²) in [5.41, 5.74) is 1.69. The molecule has 0 fully saturated rings. The van der Waals surface area contributed by atoms with Crippen LogP contribution in [-0.4, -0.2) is 48.8 Å². The van der Waals surface area contributed by atoms with Crippen LogP contribution in [0.3, 0.4) is 0 Å². The van der Waals surface area contributed by atoms with Crippen LogP contribution in [0.2, 0.25) is 0 Å². The fourth-order valence-electron chi connectivity index (χ4n) is 2.91. The first-order valence-electron chi connectivity index (χ1n) is 9.86. The van der Waals surface area contributed by atoms with Crippen LogP contribution in [-0.2, 0) is 9.53 Å². The monoisotopic (exact) mass is 448 g/mol. The summed E-state index contributed by atoms with van der Waals surface area (Å²) < 4.78 is 8.59. The van der Waals surface area contributed by atoms with Gasteiger partial charge >= 0.3 is 5.97 Å². The van der Waals surface area contributed by atoms with Gasteiger partial charge in [-0.3, -0.25) is 14.5 Å². The third kappa shape index (κ3) is 4.86. The predicted molar refractivity (Wildman–Crippen MR) is 120 cm³/mol. The number of carbonyl (C=O) groups is 2. The zero-order valence-corrected chi connectivity index (χ0v) is 18.0. The molecule has 3 aromatic heterocycles. The van der Waals surface area contributed by atoms with Crippen LogP contribution in [0.15, 0.2) is 78.3 Å². The lowest BCUT2D eigenvalue weighted by Gasteiger charge is -2.11. The Balaban J connectivity index is 1.45. The molecule has 162 valence electrons. The summed E-state index contributed by atoms with van der Waals surface area (Å²) in [6, 6.07) is 15.9. The minimum absolute atomic E-state index is 0.126. The van der Waals surface area contributed by atoms with E-state index in [2.05, 4.69) is 20.5 Å². The minimum atomic E-state index is -0.394. The molecule has 0 saturated carbocycles. The third-order valence-electron chi connectivity index (χ3n) is 4.34. The zero-order valence-electron chi connectivity index (χ0n) is 17.2. The van der Waals surface area contributed by atoms with Crippen LogP contribution >= 0.6 is 11.8 Å². The van der Waals surface area contributed by atoms with E-state index in [4.69, 9.17) is 4.74 Å². The highest BCUT2D eigenvalue weighted by Gasteiger charge is 2.18. The zero-order chi connectivity index (χ0) is 22.3. The first-order valence-corrected chi connectivity index (χ1v) is 10.8. The van der Waals surface area contributed by atoms with Crippen molar-refractivity contribution in [1.82, 2.24) is 24.5 Å². The predicted octanol–water partition coefficient (Wildman–Crippen LogP) is 3.36. The van der Waals surface area contributed by atoms with Gasteiger partial charge in [0.1, 0.15) is 5.69 Å². The quantitative estimate of drug-likeness (QED) is 0.326. The Hall–Kier alpha value is -3.92. The van der Waals surface area contributed by atoms with Gasteiger partial charge in [0.05, 0.1) is 17.9 Å². The molecule has 0 aliphatic rings. The first kappa shape index (κ1) is 21.3. The molecule has 0 radical (unpaired) electrons. The van der Waals surface area contributed by atoms with E-state index in [0.29, 0.717) is 34.5 Å². The molecule has 32 heavy (non-hydrogen) atoms. The van der Waals surface area contributed by atoms with E-state index < -0.39 is 5.97 Å². The summed E-state index contributed by atoms with van der Waals surface area (Å²) in [5, 5.41) is 11.9. The van der Waals surface area contributed by atoms with Gasteiger partial charge in [-0.1, -0.05) is 17.8 Å². The van der Waals surface area contributed by atoms with Crippen LogP contribution in [0.1, 0.15) is 17.3 Å². The van der Waals surface area contributed by atoms with E-state index in [9.17, 15) is 9.59 Å². The van der Waals surface area contributed by atoms with Crippen molar-refractivity contribution in [2.24, 2.45) is 0 Å². The van der Waals surface area contributed by atoms with Crippen molar-refractivity contribution in [3.63, 3.8) is 0 Å². The number of carbonyl (C=O) groups excluding carboxylic acids is 2. The topological polar surface area (TPSA) is 104 Å². The molecule has 0 unspecified atom stereocenters. The molecule has 10 heteroatoms. The van der Waals surface area contributed by atoms with Gasteiger partial charge in [-0.15, -0.1) is 10.2 Å². The maximum absolute atomic E-state index is 12.5.